The van der Waals surface area contributed by atoms with Crippen LogP contribution in [0.5, 0.6) is 0 Å². The van der Waals surface area contributed by atoms with Crippen LogP contribution in [0.25, 0.3) is 0 Å². The zero-order valence-electron chi connectivity index (χ0n) is 7.85. The first-order valence-electron chi connectivity index (χ1n) is 4.01. The molecular formula is C9H17NO. The van der Waals surface area contributed by atoms with E-state index in [-0.39, 0.29) is 5.60 Å². The van der Waals surface area contributed by atoms with Gasteiger partial charge in [0.05, 0.1) is 24.7 Å². The Labute approximate surface area is 69.2 Å². The van der Waals surface area contributed by atoms with E-state index >= 15 is 0 Å². The van der Waals surface area contributed by atoms with Crippen molar-refractivity contribution in [1.29, 1.82) is 5.26 Å². The van der Waals surface area contributed by atoms with Crippen LogP contribution in [-0.4, -0.2) is 12.2 Å². The van der Waals surface area contributed by atoms with Gasteiger partial charge in [-0.25, -0.2) is 0 Å². The molecule has 0 rings (SSSR count). The predicted octanol–water partition coefficient (Wildman–Crippen LogP) is 2.35. The largest absolute Gasteiger partial charge is 0.374 e. The third kappa shape index (κ3) is 4.00. The van der Waals surface area contributed by atoms with Crippen molar-refractivity contribution in [1.82, 2.24) is 0 Å². The Morgan fingerprint density at radius 2 is 2.00 bits per heavy atom. The van der Waals surface area contributed by atoms with E-state index in [1.54, 1.807) is 0 Å². The normalized spacial score (nSPS) is 11.6. The smallest absolute Gasteiger partial charge is 0.0649 e. The molecule has 0 spiro atoms. The monoisotopic (exact) mass is 155 g/mol. The molecule has 0 fully saturated rings. The van der Waals surface area contributed by atoms with Gasteiger partial charge in [0.2, 0.25) is 0 Å². The summed E-state index contributed by atoms with van der Waals surface area (Å²) in [5, 5.41) is 8.27. The first-order valence-corrected chi connectivity index (χ1v) is 4.01. The third-order valence-electron chi connectivity index (χ3n) is 2.08. The topological polar surface area (TPSA) is 33.0 Å². The maximum absolute atomic E-state index is 8.27. The van der Waals surface area contributed by atoms with Gasteiger partial charge >= 0.3 is 0 Å². The lowest BCUT2D eigenvalue weighted by atomic mass is 9.95. The summed E-state index contributed by atoms with van der Waals surface area (Å²) in [7, 11) is 0. The van der Waals surface area contributed by atoms with Gasteiger partial charge in [-0.05, 0) is 19.8 Å². The van der Waals surface area contributed by atoms with E-state index in [1.807, 2.05) is 0 Å². The lowest BCUT2D eigenvalue weighted by molar-refractivity contribution is -0.0476. The van der Waals surface area contributed by atoms with E-state index < -0.39 is 0 Å². The van der Waals surface area contributed by atoms with E-state index in [4.69, 9.17) is 10.00 Å². The number of rotatable bonds is 4. The van der Waals surface area contributed by atoms with Crippen molar-refractivity contribution >= 4 is 0 Å². The molecular weight excluding hydrogens is 138 g/mol. The fraction of sp³-hybridized carbons (Fsp3) is 0.889. The summed E-state index contributed by atoms with van der Waals surface area (Å²) in [6.45, 7) is 8.88. The lowest BCUT2D eigenvalue weighted by Gasteiger charge is -2.29. The summed E-state index contributed by atoms with van der Waals surface area (Å²) in [6.07, 6.45) is 0.482. The van der Waals surface area contributed by atoms with Gasteiger partial charge in [-0.15, -0.1) is 0 Å². The summed E-state index contributed by atoms with van der Waals surface area (Å²) in [4.78, 5) is 0. The Hall–Kier alpha value is -0.550. The molecule has 0 saturated carbocycles. The maximum atomic E-state index is 8.27. The van der Waals surface area contributed by atoms with Crippen LogP contribution in [0.2, 0.25) is 0 Å². The summed E-state index contributed by atoms with van der Waals surface area (Å²) < 4.78 is 5.51. The molecule has 2 heteroatoms. The molecule has 0 N–H and O–H groups in total. The quantitative estimate of drug-likeness (QED) is 0.584. The molecule has 0 atom stereocenters. The van der Waals surface area contributed by atoms with Gasteiger partial charge in [-0.3, -0.25) is 0 Å². The molecule has 0 radical (unpaired) electrons. The van der Waals surface area contributed by atoms with E-state index in [9.17, 15) is 0 Å². The fourth-order valence-corrected chi connectivity index (χ4v) is 0.526. The Morgan fingerprint density at radius 1 is 1.45 bits per heavy atom. The molecule has 0 amide bonds. The maximum Gasteiger partial charge on any atom is 0.0649 e. The minimum atomic E-state index is -0.100. The lowest BCUT2D eigenvalue weighted by Crippen LogP contribution is -2.31. The molecule has 0 heterocycles. The standard InChI is InChI=1S/C9H17NO/c1-8(2)9(3,4)11-7-5-6-10/h8H,5,7H2,1-4H3. The molecule has 0 bridgehead atoms. The van der Waals surface area contributed by atoms with Gasteiger partial charge < -0.3 is 4.74 Å². The second kappa shape index (κ2) is 4.35. The van der Waals surface area contributed by atoms with E-state index in [0.29, 0.717) is 18.9 Å². The second-order valence-corrected chi connectivity index (χ2v) is 3.51. The van der Waals surface area contributed by atoms with E-state index in [0.717, 1.165) is 0 Å². The van der Waals surface area contributed by atoms with Crippen molar-refractivity contribution in [3.05, 3.63) is 0 Å². The van der Waals surface area contributed by atoms with Crippen molar-refractivity contribution in [3.63, 3.8) is 0 Å². The Balaban J connectivity index is 3.66. The molecule has 2 nitrogen and oxygen atoms in total. The third-order valence-corrected chi connectivity index (χ3v) is 2.08. The highest BCUT2D eigenvalue weighted by molar-refractivity contribution is 4.74. The average Bonchev–Trinajstić information content (AvgIpc) is 1.88. The minimum Gasteiger partial charge on any atom is -0.374 e. The summed E-state index contributed by atoms with van der Waals surface area (Å²) in [6, 6.07) is 2.05. The highest BCUT2D eigenvalue weighted by Crippen LogP contribution is 2.19. The zero-order chi connectivity index (χ0) is 8.91. The molecule has 11 heavy (non-hydrogen) atoms. The average molecular weight is 155 g/mol. The predicted molar refractivity (Wildman–Crippen MR) is 45.1 cm³/mol. The number of nitriles is 1. The van der Waals surface area contributed by atoms with Crippen molar-refractivity contribution in [2.24, 2.45) is 5.92 Å². The molecule has 0 aromatic carbocycles. The van der Waals surface area contributed by atoms with Gasteiger partial charge in [0.1, 0.15) is 0 Å². The van der Waals surface area contributed by atoms with Crippen molar-refractivity contribution in [2.75, 3.05) is 6.61 Å². The highest BCUT2D eigenvalue weighted by atomic mass is 16.5. The first kappa shape index (κ1) is 10.4. The van der Waals surface area contributed by atoms with Crippen LogP contribution in [0.4, 0.5) is 0 Å². The summed E-state index contributed by atoms with van der Waals surface area (Å²) in [5.41, 5.74) is -0.100. The van der Waals surface area contributed by atoms with Crippen molar-refractivity contribution in [2.45, 2.75) is 39.7 Å². The SMILES string of the molecule is CC(C)C(C)(C)OCCC#N. The summed E-state index contributed by atoms with van der Waals surface area (Å²) >= 11 is 0. The van der Waals surface area contributed by atoms with E-state index in [2.05, 4.69) is 33.8 Å². The van der Waals surface area contributed by atoms with Gasteiger partial charge in [0.25, 0.3) is 0 Å². The van der Waals surface area contributed by atoms with Crippen LogP contribution >= 0.6 is 0 Å². The number of hydrogen-bond acceptors (Lipinski definition) is 2. The zero-order valence-corrected chi connectivity index (χ0v) is 7.85. The van der Waals surface area contributed by atoms with Gasteiger partial charge in [0.15, 0.2) is 0 Å². The number of ether oxygens (including phenoxy) is 1. The molecule has 0 aliphatic rings. The molecule has 0 saturated heterocycles. The fourth-order valence-electron chi connectivity index (χ4n) is 0.526. The molecule has 0 aromatic rings. The molecule has 0 unspecified atom stereocenters. The van der Waals surface area contributed by atoms with E-state index in [1.165, 1.54) is 0 Å². The van der Waals surface area contributed by atoms with Crippen LogP contribution in [0.15, 0.2) is 0 Å². The van der Waals surface area contributed by atoms with Crippen LogP contribution in [0, 0.1) is 17.2 Å². The highest BCUT2D eigenvalue weighted by Gasteiger charge is 2.22. The van der Waals surface area contributed by atoms with Gasteiger partial charge in [0, 0.05) is 0 Å². The van der Waals surface area contributed by atoms with Crippen LogP contribution < -0.4 is 0 Å². The van der Waals surface area contributed by atoms with Crippen LogP contribution in [0.3, 0.4) is 0 Å². The van der Waals surface area contributed by atoms with Crippen molar-refractivity contribution in [3.8, 4) is 6.07 Å². The molecule has 64 valence electrons. The van der Waals surface area contributed by atoms with Crippen LogP contribution in [0.1, 0.15) is 34.1 Å². The first-order chi connectivity index (χ1) is 5.00. The number of hydrogen-bond donors (Lipinski definition) is 0. The van der Waals surface area contributed by atoms with Crippen LogP contribution in [-0.2, 0) is 4.74 Å². The second-order valence-electron chi connectivity index (χ2n) is 3.51. The summed E-state index contributed by atoms with van der Waals surface area (Å²) in [5.74, 6) is 0.487. The van der Waals surface area contributed by atoms with Crippen molar-refractivity contribution < 1.29 is 4.74 Å². The molecule has 0 aliphatic heterocycles. The molecule has 0 aliphatic carbocycles. The van der Waals surface area contributed by atoms with Gasteiger partial charge in [-0.2, -0.15) is 5.26 Å². The Morgan fingerprint density at radius 3 is 2.36 bits per heavy atom. The molecule has 0 aromatic heterocycles. The number of nitrogens with zero attached hydrogens (tertiary/aromatic N) is 1. The Bertz CT molecular complexity index is 144. The van der Waals surface area contributed by atoms with Gasteiger partial charge in [-0.1, -0.05) is 13.8 Å². The Kier molecular flexibility index (Phi) is 4.14. The minimum absolute atomic E-state index is 0.100.